The second kappa shape index (κ2) is 4.97. The molecule has 0 amide bonds. The van der Waals surface area contributed by atoms with Crippen molar-refractivity contribution in [2.24, 2.45) is 28.1 Å². The van der Waals surface area contributed by atoms with Crippen LogP contribution in [0.15, 0.2) is 5.16 Å². The molecule has 1 heterocycles. The van der Waals surface area contributed by atoms with Gasteiger partial charge in [-0.15, -0.1) is 0 Å². The largest absolute Gasteiger partial charge is 0.391 e. The molecule has 3 nitrogen and oxygen atoms in total. The van der Waals surface area contributed by atoms with Gasteiger partial charge in [0.25, 0.3) is 0 Å². The van der Waals surface area contributed by atoms with Gasteiger partial charge in [0, 0.05) is 18.9 Å². The maximum absolute atomic E-state index is 5.61. The van der Waals surface area contributed by atoms with Gasteiger partial charge in [0.2, 0.25) is 0 Å². The molecule has 98 valence electrons. The third-order valence-corrected chi connectivity index (χ3v) is 4.44. The Morgan fingerprint density at radius 3 is 2.35 bits per heavy atom. The summed E-state index contributed by atoms with van der Waals surface area (Å²) in [6.45, 7) is 7.67. The zero-order chi connectivity index (χ0) is 12.5. The van der Waals surface area contributed by atoms with Gasteiger partial charge in [-0.1, -0.05) is 25.9 Å². The molecule has 1 unspecified atom stereocenters. The van der Waals surface area contributed by atoms with E-state index >= 15 is 0 Å². The zero-order valence-electron chi connectivity index (χ0n) is 11.4. The predicted molar refractivity (Wildman–Crippen MR) is 70.9 cm³/mol. The summed E-state index contributed by atoms with van der Waals surface area (Å²) in [4.78, 5) is 5.33. The van der Waals surface area contributed by atoms with Crippen molar-refractivity contribution in [2.75, 3.05) is 6.54 Å². The highest BCUT2D eigenvalue weighted by molar-refractivity contribution is 5.87. The lowest BCUT2D eigenvalue weighted by atomic mass is 9.69. The molecule has 1 fully saturated rings. The Kier molecular flexibility index (Phi) is 3.76. The van der Waals surface area contributed by atoms with Crippen LogP contribution in [0.25, 0.3) is 0 Å². The van der Waals surface area contributed by atoms with Crippen LogP contribution in [0.1, 0.15) is 52.9 Å². The smallest absolute Gasteiger partial charge is 0.145 e. The Hall–Kier alpha value is -0.570. The molecule has 0 radical (unpaired) electrons. The summed E-state index contributed by atoms with van der Waals surface area (Å²) < 4.78 is 0. The van der Waals surface area contributed by atoms with E-state index in [1.165, 1.54) is 31.4 Å². The van der Waals surface area contributed by atoms with Crippen molar-refractivity contribution in [1.29, 1.82) is 0 Å². The quantitative estimate of drug-likeness (QED) is 0.804. The predicted octanol–water partition coefficient (Wildman–Crippen LogP) is 2.94. The summed E-state index contributed by atoms with van der Waals surface area (Å²) in [7, 11) is 0. The van der Waals surface area contributed by atoms with Crippen LogP contribution in [0.3, 0.4) is 0 Å². The topological polar surface area (TPSA) is 47.6 Å². The standard InChI is InChI=1S/C14H26N2O/c1-14(2,3)11-6-4-10(5-7-11)13-8-12(9-15)17-16-13/h10-12H,4-9,15H2,1-3H3. The molecule has 2 aliphatic rings. The van der Waals surface area contributed by atoms with Crippen molar-refractivity contribution < 1.29 is 4.84 Å². The maximum atomic E-state index is 5.61. The molecule has 0 aromatic carbocycles. The van der Waals surface area contributed by atoms with Gasteiger partial charge < -0.3 is 10.6 Å². The third-order valence-electron chi connectivity index (χ3n) is 4.44. The normalized spacial score (nSPS) is 34.4. The molecule has 17 heavy (non-hydrogen) atoms. The number of oxime groups is 1. The van der Waals surface area contributed by atoms with Gasteiger partial charge in [-0.3, -0.25) is 0 Å². The lowest BCUT2D eigenvalue weighted by molar-refractivity contribution is 0.0917. The van der Waals surface area contributed by atoms with Crippen molar-refractivity contribution in [3.8, 4) is 0 Å². The van der Waals surface area contributed by atoms with E-state index in [4.69, 9.17) is 10.6 Å². The summed E-state index contributed by atoms with van der Waals surface area (Å²) in [5.41, 5.74) is 7.33. The fourth-order valence-corrected chi connectivity index (χ4v) is 3.11. The molecule has 0 spiro atoms. The maximum Gasteiger partial charge on any atom is 0.145 e. The summed E-state index contributed by atoms with van der Waals surface area (Å²) in [6, 6.07) is 0. The molecular weight excluding hydrogens is 212 g/mol. The van der Waals surface area contributed by atoms with Gasteiger partial charge in [-0.25, -0.2) is 0 Å². The molecule has 0 aromatic rings. The van der Waals surface area contributed by atoms with E-state index in [0.717, 1.165) is 12.3 Å². The van der Waals surface area contributed by atoms with Crippen LogP contribution >= 0.6 is 0 Å². The molecule has 2 N–H and O–H groups in total. The van der Waals surface area contributed by atoms with Crippen molar-refractivity contribution in [1.82, 2.24) is 0 Å². The first kappa shape index (κ1) is 12.9. The molecule has 1 saturated carbocycles. The molecule has 0 aromatic heterocycles. The second-order valence-electron chi connectivity index (χ2n) is 6.66. The summed E-state index contributed by atoms with van der Waals surface area (Å²) in [5.74, 6) is 1.53. The molecule has 0 bridgehead atoms. The minimum absolute atomic E-state index is 0.144. The highest BCUT2D eigenvalue weighted by atomic mass is 16.6. The average molecular weight is 238 g/mol. The minimum atomic E-state index is 0.144. The number of nitrogens with two attached hydrogens (primary N) is 1. The SMILES string of the molecule is CC(C)(C)C1CCC(C2=NOC(CN)C2)CC1. The Balaban J connectivity index is 1.84. The highest BCUT2D eigenvalue weighted by Gasteiger charge is 2.33. The summed E-state index contributed by atoms with van der Waals surface area (Å²) in [6.07, 6.45) is 6.33. The lowest BCUT2D eigenvalue weighted by Gasteiger charge is -2.36. The molecule has 1 aliphatic heterocycles. The lowest BCUT2D eigenvalue weighted by Crippen LogP contribution is -2.29. The zero-order valence-corrected chi connectivity index (χ0v) is 11.4. The third kappa shape index (κ3) is 3.01. The fourth-order valence-electron chi connectivity index (χ4n) is 3.11. The van der Waals surface area contributed by atoms with E-state index in [1.807, 2.05) is 0 Å². The van der Waals surface area contributed by atoms with E-state index in [0.29, 0.717) is 17.9 Å². The van der Waals surface area contributed by atoms with Crippen molar-refractivity contribution in [2.45, 2.75) is 59.0 Å². The minimum Gasteiger partial charge on any atom is -0.391 e. The first-order chi connectivity index (χ1) is 8.00. The average Bonchev–Trinajstić information content (AvgIpc) is 2.76. The van der Waals surface area contributed by atoms with E-state index < -0.39 is 0 Å². The highest BCUT2D eigenvalue weighted by Crippen LogP contribution is 2.41. The number of rotatable bonds is 2. The molecule has 2 rings (SSSR count). The van der Waals surface area contributed by atoms with Crippen molar-refractivity contribution in [3.63, 3.8) is 0 Å². The molecule has 1 aliphatic carbocycles. The van der Waals surface area contributed by atoms with E-state index in [1.54, 1.807) is 0 Å². The van der Waals surface area contributed by atoms with Crippen molar-refractivity contribution >= 4 is 5.71 Å². The van der Waals surface area contributed by atoms with E-state index in [-0.39, 0.29) is 6.10 Å². The van der Waals surface area contributed by atoms with Gasteiger partial charge in [0.05, 0.1) is 5.71 Å². The van der Waals surface area contributed by atoms with E-state index in [2.05, 4.69) is 25.9 Å². The fraction of sp³-hybridized carbons (Fsp3) is 0.929. The van der Waals surface area contributed by atoms with Crippen LogP contribution in [0.5, 0.6) is 0 Å². The summed E-state index contributed by atoms with van der Waals surface area (Å²) >= 11 is 0. The first-order valence-corrected chi connectivity index (χ1v) is 6.93. The van der Waals surface area contributed by atoms with Gasteiger partial charge in [0.15, 0.2) is 0 Å². The molecule has 1 atom stereocenters. The van der Waals surface area contributed by atoms with Crippen LogP contribution in [-0.2, 0) is 4.84 Å². The Labute approximate surface area is 105 Å². The Bertz CT molecular complexity index is 285. The molecule has 3 heteroatoms. The van der Waals surface area contributed by atoms with Crippen LogP contribution in [0.2, 0.25) is 0 Å². The molecule has 0 saturated heterocycles. The molecular formula is C14H26N2O. The monoisotopic (exact) mass is 238 g/mol. The van der Waals surface area contributed by atoms with Crippen LogP contribution in [-0.4, -0.2) is 18.4 Å². The van der Waals surface area contributed by atoms with Crippen LogP contribution in [0.4, 0.5) is 0 Å². The van der Waals surface area contributed by atoms with Gasteiger partial charge in [-0.05, 0) is 37.0 Å². The van der Waals surface area contributed by atoms with Gasteiger partial charge >= 0.3 is 0 Å². The van der Waals surface area contributed by atoms with Crippen LogP contribution in [0, 0.1) is 17.3 Å². The van der Waals surface area contributed by atoms with Gasteiger partial charge in [-0.2, -0.15) is 0 Å². The number of hydrogen-bond donors (Lipinski definition) is 1. The Morgan fingerprint density at radius 1 is 1.24 bits per heavy atom. The second-order valence-corrected chi connectivity index (χ2v) is 6.66. The number of hydrogen-bond acceptors (Lipinski definition) is 3. The number of nitrogens with zero attached hydrogens (tertiary/aromatic N) is 1. The summed E-state index contributed by atoms with van der Waals surface area (Å²) in [5, 5.41) is 4.24. The Morgan fingerprint density at radius 2 is 1.88 bits per heavy atom. The first-order valence-electron chi connectivity index (χ1n) is 6.93. The van der Waals surface area contributed by atoms with Gasteiger partial charge in [0.1, 0.15) is 6.10 Å². The van der Waals surface area contributed by atoms with Crippen LogP contribution < -0.4 is 5.73 Å². The van der Waals surface area contributed by atoms with Crippen molar-refractivity contribution in [3.05, 3.63) is 0 Å². The van der Waals surface area contributed by atoms with E-state index in [9.17, 15) is 0 Å².